The molecule has 0 unspecified atom stereocenters. The van der Waals surface area contributed by atoms with E-state index in [9.17, 15) is 0 Å². The second-order valence-corrected chi connectivity index (χ2v) is 4.24. The summed E-state index contributed by atoms with van der Waals surface area (Å²) in [4.78, 5) is 2.56. The second kappa shape index (κ2) is 3.57. The van der Waals surface area contributed by atoms with E-state index < -0.39 is 0 Å². The third-order valence-corrected chi connectivity index (χ3v) is 3.05. The lowest BCUT2D eigenvalue weighted by Crippen LogP contribution is -2.21. The van der Waals surface area contributed by atoms with E-state index in [1.165, 1.54) is 19.6 Å². The molecular weight excluding hydrogens is 134 g/mol. The zero-order chi connectivity index (χ0) is 8.43. The molecule has 0 aliphatic carbocycles. The molecule has 0 saturated carbocycles. The highest BCUT2D eigenvalue weighted by molar-refractivity contribution is 4.82. The fourth-order valence-electron chi connectivity index (χ4n) is 2.22. The van der Waals surface area contributed by atoms with Crippen LogP contribution in [0.4, 0.5) is 0 Å². The van der Waals surface area contributed by atoms with Crippen LogP contribution in [0.1, 0.15) is 27.7 Å². The maximum absolute atomic E-state index is 2.56. The van der Waals surface area contributed by atoms with Crippen LogP contribution >= 0.6 is 0 Å². The molecule has 66 valence electrons. The minimum absolute atomic E-state index is 0.863. The normalized spacial score (nSPS) is 33.5. The highest BCUT2D eigenvalue weighted by Gasteiger charge is 2.30. The second-order valence-electron chi connectivity index (χ2n) is 4.24. The Morgan fingerprint density at radius 3 is 2.27 bits per heavy atom. The molecule has 0 spiro atoms. The van der Waals surface area contributed by atoms with Crippen LogP contribution in [0.2, 0.25) is 0 Å². The molecule has 1 rings (SSSR count). The van der Waals surface area contributed by atoms with Gasteiger partial charge in [0.15, 0.2) is 0 Å². The first-order valence-electron chi connectivity index (χ1n) is 4.87. The molecular formula is C10H21N. The first-order valence-corrected chi connectivity index (χ1v) is 4.87. The van der Waals surface area contributed by atoms with Crippen LogP contribution in [0.25, 0.3) is 0 Å². The highest BCUT2D eigenvalue weighted by atomic mass is 15.1. The quantitative estimate of drug-likeness (QED) is 0.591. The molecule has 0 N–H and O–H groups in total. The van der Waals surface area contributed by atoms with Crippen molar-refractivity contribution < 1.29 is 0 Å². The van der Waals surface area contributed by atoms with Gasteiger partial charge in [0.1, 0.15) is 0 Å². The summed E-state index contributed by atoms with van der Waals surface area (Å²) in [7, 11) is 0. The van der Waals surface area contributed by atoms with Crippen molar-refractivity contribution in [2.75, 3.05) is 19.6 Å². The lowest BCUT2D eigenvalue weighted by molar-refractivity contribution is 0.311. The van der Waals surface area contributed by atoms with E-state index in [2.05, 4.69) is 32.6 Å². The van der Waals surface area contributed by atoms with E-state index in [0.717, 1.165) is 17.8 Å². The Balaban J connectivity index is 2.45. The summed E-state index contributed by atoms with van der Waals surface area (Å²) >= 11 is 0. The Labute approximate surface area is 70.8 Å². The number of nitrogens with zero attached hydrogens (tertiary/aromatic N) is 1. The summed E-state index contributed by atoms with van der Waals surface area (Å²) in [5.41, 5.74) is 0. The zero-order valence-corrected chi connectivity index (χ0v) is 8.30. The Kier molecular flexibility index (Phi) is 2.94. The van der Waals surface area contributed by atoms with E-state index >= 15 is 0 Å². The molecule has 1 aliphatic heterocycles. The minimum atomic E-state index is 0.863. The molecule has 0 amide bonds. The van der Waals surface area contributed by atoms with Crippen molar-refractivity contribution in [1.29, 1.82) is 0 Å². The van der Waals surface area contributed by atoms with Crippen molar-refractivity contribution in [3.63, 3.8) is 0 Å². The van der Waals surface area contributed by atoms with E-state index in [-0.39, 0.29) is 0 Å². The summed E-state index contributed by atoms with van der Waals surface area (Å²) in [6.07, 6.45) is 0. The maximum Gasteiger partial charge on any atom is 0.00151 e. The largest absolute Gasteiger partial charge is 0.303 e. The van der Waals surface area contributed by atoms with Gasteiger partial charge in [-0.3, -0.25) is 0 Å². The number of rotatable bonds is 2. The van der Waals surface area contributed by atoms with Crippen LogP contribution in [0, 0.1) is 17.8 Å². The van der Waals surface area contributed by atoms with Crippen LogP contribution in [-0.2, 0) is 0 Å². The van der Waals surface area contributed by atoms with Crippen LogP contribution in [-0.4, -0.2) is 24.5 Å². The zero-order valence-electron chi connectivity index (χ0n) is 8.30. The van der Waals surface area contributed by atoms with Gasteiger partial charge in [-0.1, -0.05) is 27.7 Å². The van der Waals surface area contributed by atoms with Crippen molar-refractivity contribution >= 4 is 0 Å². The molecule has 0 aromatic carbocycles. The summed E-state index contributed by atoms with van der Waals surface area (Å²) in [5, 5.41) is 0. The Bertz CT molecular complexity index is 120. The van der Waals surface area contributed by atoms with Gasteiger partial charge in [0.2, 0.25) is 0 Å². The van der Waals surface area contributed by atoms with Crippen molar-refractivity contribution in [1.82, 2.24) is 4.90 Å². The molecule has 0 bridgehead atoms. The molecule has 0 aromatic heterocycles. The van der Waals surface area contributed by atoms with E-state index in [1.54, 1.807) is 0 Å². The molecule has 1 aliphatic rings. The lowest BCUT2D eigenvalue weighted by Gasteiger charge is -2.18. The standard InChI is InChI=1S/C10H21N/c1-5-11-6-9(4)10(7-11)8(2)3/h8-10H,5-7H2,1-4H3/t9-,10+/m1/s1. The van der Waals surface area contributed by atoms with Gasteiger partial charge < -0.3 is 4.90 Å². The van der Waals surface area contributed by atoms with Crippen molar-refractivity contribution in [2.45, 2.75) is 27.7 Å². The number of hydrogen-bond donors (Lipinski definition) is 0. The average Bonchev–Trinajstić information content (AvgIpc) is 2.30. The van der Waals surface area contributed by atoms with Gasteiger partial charge in [-0.05, 0) is 24.3 Å². The van der Waals surface area contributed by atoms with Gasteiger partial charge in [0.25, 0.3) is 0 Å². The number of hydrogen-bond acceptors (Lipinski definition) is 1. The van der Waals surface area contributed by atoms with E-state index in [4.69, 9.17) is 0 Å². The Hall–Kier alpha value is -0.0400. The van der Waals surface area contributed by atoms with Crippen LogP contribution in [0.5, 0.6) is 0 Å². The van der Waals surface area contributed by atoms with Gasteiger partial charge in [-0.2, -0.15) is 0 Å². The molecule has 11 heavy (non-hydrogen) atoms. The predicted molar refractivity (Wildman–Crippen MR) is 49.6 cm³/mol. The SMILES string of the molecule is CCN1C[C@@H](C)[C@H](C(C)C)C1. The molecule has 2 atom stereocenters. The fourth-order valence-corrected chi connectivity index (χ4v) is 2.22. The van der Waals surface area contributed by atoms with Gasteiger partial charge >= 0.3 is 0 Å². The minimum Gasteiger partial charge on any atom is -0.303 e. The lowest BCUT2D eigenvalue weighted by atomic mass is 9.88. The molecule has 0 radical (unpaired) electrons. The summed E-state index contributed by atoms with van der Waals surface area (Å²) in [6, 6.07) is 0. The first kappa shape index (κ1) is 9.05. The third kappa shape index (κ3) is 1.96. The molecule has 0 aromatic rings. The van der Waals surface area contributed by atoms with Crippen molar-refractivity contribution in [2.24, 2.45) is 17.8 Å². The Morgan fingerprint density at radius 2 is 2.00 bits per heavy atom. The maximum atomic E-state index is 2.56. The smallest absolute Gasteiger partial charge is 0.00151 e. The molecule has 1 nitrogen and oxygen atoms in total. The topological polar surface area (TPSA) is 3.24 Å². The monoisotopic (exact) mass is 155 g/mol. The van der Waals surface area contributed by atoms with Gasteiger partial charge in [0.05, 0.1) is 0 Å². The highest BCUT2D eigenvalue weighted by Crippen LogP contribution is 2.28. The van der Waals surface area contributed by atoms with E-state index in [1.807, 2.05) is 0 Å². The molecule has 1 heteroatoms. The number of likely N-dealkylation sites (tertiary alicyclic amines) is 1. The summed E-state index contributed by atoms with van der Waals surface area (Å²) in [6.45, 7) is 13.2. The van der Waals surface area contributed by atoms with Gasteiger partial charge in [0, 0.05) is 13.1 Å². The van der Waals surface area contributed by atoms with Gasteiger partial charge in [-0.25, -0.2) is 0 Å². The van der Waals surface area contributed by atoms with Crippen LogP contribution < -0.4 is 0 Å². The summed E-state index contributed by atoms with van der Waals surface area (Å²) < 4.78 is 0. The van der Waals surface area contributed by atoms with Gasteiger partial charge in [-0.15, -0.1) is 0 Å². The van der Waals surface area contributed by atoms with Crippen molar-refractivity contribution in [3.05, 3.63) is 0 Å². The molecule has 1 saturated heterocycles. The Morgan fingerprint density at radius 1 is 1.36 bits per heavy atom. The third-order valence-electron chi connectivity index (χ3n) is 3.05. The summed E-state index contributed by atoms with van der Waals surface area (Å²) in [5.74, 6) is 2.71. The predicted octanol–water partition coefficient (Wildman–Crippen LogP) is 2.23. The van der Waals surface area contributed by atoms with Crippen LogP contribution in [0.3, 0.4) is 0 Å². The van der Waals surface area contributed by atoms with Crippen LogP contribution in [0.15, 0.2) is 0 Å². The van der Waals surface area contributed by atoms with E-state index in [0.29, 0.717) is 0 Å². The van der Waals surface area contributed by atoms with Crippen molar-refractivity contribution in [3.8, 4) is 0 Å². The average molecular weight is 155 g/mol. The molecule has 1 fully saturated rings. The first-order chi connectivity index (χ1) is 5.15. The molecule has 1 heterocycles. The fraction of sp³-hybridized carbons (Fsp3) is 1.00.